The van der Waals surface area contributed by atoms with Crippen LogP contribution in [0.15, 0.2) is 59.9 Å². The molecule has 4 aliphatic rings. The minimum Gasteiger partial charge on any atom is -0.384 e. The number of nitrogens with zero attached hydrogens (tertiary/aromatic N) is 7. The molecule has 10 heteroatoms. The largest absolute Gasteiger partial charge is 0.384 e. The number of H-pyrrole nitrogens is 1. The first kappa shape index (κ1) is 25.7. The van der Waals surface area contributed by atoms with Crippen molar-refractivity contribution in [1.29, 1.82) is 5.26 Å². The van der Waals surface area contributed by atoms with Gasteiger partial charge in [0.2, 0.25) is 5.56 Å². The molecule has 4 aromatic rings. The average molecular weight is 550 g/mol. The van der Waals surface area contributed by atoms with Crippen molar-refractivity contribution in [2.24, 2.45) is 5.92 Å². The number of nitrogens with one attached hydrogen (secondary N) is 2. The van der Waals surface area contributed by atoms with Crippen LogP contribution in [-0.4, -0.2) is 81.2 Å². The first-order valence-corrected chi connectivity index (χ1v) is 14.5. The number of hydrogen-bond acceptors (Lipinski definition) is 8. The fourth-order valence-corrected chi connectivity index (χ4v) is 6.67. The summed E-state index contributed by atoms with van der Waals surface area (Å²) in [5.41, 5.74) is 5.38. The Morgan fingerprint density at radius 2 is 1.95 bits per heavy atom. The molecule has 8 heterocycles. The lowest BCUT2D eigenvalue weighted by molar-refractivity contribution is -0.00876. The zero-order valence-electron chi connectivity index (χ0n) is 23.3. The second-order valence-electron chi connectivity index (χ2n) is 11.8. The lowest BCUT2D eigenvalue weighted by Gasteiger charge is -2.56. The summed E-state index contributed by atoms with van der Waals surface area (Å²) in [5.74, 6) is 1.63. The van der Waals surface area contributed by atoms with Crippen LogP contribution in [-0.2, 0) is 6.54 Å². The number of aromatic amines is 1. The van der Waals surface area contributed by atoms with Gasteiger partial charge in [0.25, 0.3) is 0 Å². The summed E-state index contributed by atoms with van der Waals surface area (Å²) in [6.45, 7) is 5.95. The molecule has 2 atom stereocenters. The van der Waals surface area contributed by atoms with Crippen LogP contribution in [0.4, 0.5) is 11.5 Å². The summed E-state index contributed by atoms with van der Waals surface area (Å²) in [5, 5.41) is 17.9. The maximum absolute atomic E-state index is 11.4. The molecule has 4 aromatic heterocycles. The number of anilines is 2. The lowest BCUT2D eigenvalue weighted by atomic mass is 9.87. The number of pyridine rings is 3. The zero-order chi connectivity index (χ0) is 27.9. The predicted octanol–water partition coefficient (Wildman–Crippen LogP) is 3.17. The SMILES string of the molecule is CN1CCC(CNc2cc(-c3ccc(N4CC5CC(C4)N5Cc4ccc(=O)[nH]c4)nc3)c3c(C#N)cnn3c2)CC1. The number of hydrogen-bond donors (Lipinski definition) is 2. The maximum Gasteiger partial charge on any atom is 0.247 e. The minimum atomic E-state index is -0.0632. The number of aromatic nitrogens is 4. The van der Waals surface area contributed by atoms with Gasteiger partial charge in [-0.25, -0.2) is 9.50 Å². The van der Waals surface area contributed by atoms with E-state index in [0.717, 1.165) is 73.0 Å². The van der Waals surface area contributed by atoms with Gasteiger partial charge in [-0.1, -0.05) is 6.07 Å². The third kappa shape index (κ3) is 5.07. The van der Waals surface area contributed by atoms with Crippen molar-refractivity contribution in [1.82, 2.24) is 29.4 Å². The van der Waals surface area contributed by atoms with E-state index in [2.05, 4.69) is 61.4 Å². The van der Waals surface area contributed by atoms with Crippen LogP contribution < -0.4 is 15.8 Å². The van der Waals surface area contributed by atoms with Crippen molar-refractivity contribution in [3.8, 4) is 17.2 Å². The van der Waals surface area contributed by atoms with Gasteiger partial charge >= 0.3 is 0 Å². The smallest absolute Gasteiger partial charge is 0.247 e. The van der Waals surface area contributed by atoms with Crippen molar-refractivity contribution in [2.45, 2.75) is 37.9 Å². The second kappa shape index (κ2) is 10.7. The molecule has 0 radical (unpaired) electrons. The molecule has 0 spiro atoms. The summed E-state index contributed by atoms with van der Waals surface area (Å²) in [7, 11) is 2.19. The number of likely N-dealkylation sites (tertiary alicyclic amines) is 1. The van der Waals surface area contributed by atoms with Crippen LogP contribution in [0.3, 0.4) is 0 Å². The molecule has 0 saturated carbocycles. The van der Waals surface area contributed by atoms with E-state index in [4.69, 9.17) is 4.98 Å². The lowest BCUT2D eigenvalue weighted by Crippen LogP contribution is -2.68. The molecule has 8 rings (SSSR count). The Morgan fingerprint density at radius 1 is 1.12 bits per heavy atom. The van der Waals surface area contributed by atoms with Crippen LogP contribution in [0.1, 0.15) is 30.4 Å². The van der Waals surface area contributed by atoms with E-state index in [9.17, 15) is 10.1 Å². The minimum absolute atomic E-state index is 0.0632. The number of fused-ring (bicyclic) bond motifs is 3. The second-order valence-corrected chi connectivity index (χ2v) is 11.8. The fraction of sp³-hybridized carbons (Fsp3) is 0.419. The van der Waals surface area contributed by atoms with Gasteiger partial charge < -0.3 is 20.1 Å². The van der Waals surface area contributed by atoms with E-state index < -0.39 is 0 Å². The van der Waals surface area contributed by atoms with Crippen LogP contribution in [0, 0.1) is 17.2 Å². The van der Waals surface area contributed by atoms with Crippen molar-refractivity contribution < 1.29 is 0 Å². The van der Waals surface area contributed by atoms with E-state index in [1.165, 1.54) is 19.3 Å². The summed E-state index contributed by atoms with van der Waals surface area (Å²) in [4.78, 5) is 26.4. The third-order valence-corrected chi connectivity index (χ3v) is 9.11. The van der Waals surface area contributed by atoms with Crippen LogP contribution in [0.2, 0.25) is 0 Å². The van der Waals surface area contributed by atoms with Gasteiger partial charge in [0.1, 0.15) is 11.9 Å². The normalized spacial score (nSPS) is 21.5. The van der Waals surface area contributed by atoms with E-state index in [1.807, 2.05) is 29.2 Å². The highest BCUT2D eigenvalue weighted by Gasteiger charge is 2.44. The summed E-state index contributed by atoms with van der Waals surface area (Å²) < 4.78 is 1.81. The van der Waals surface area contributed by atoms with Gasteiger partial charge in [0.05, 0.1) is 29.2 Å². The third-order valence-electron chi connectivity index (χ3n) is 9.11. The van der Waals surface area contributed by atoms with Crippen LogP contribution in [0.5, 0.6) is 0 Å². The topological polar surface area (TPSA) is 109 Å². The highest BCUT2D eigenvalue weighted by Crippen LogP contribution is 2.36. The van der Waals surface area contributed by atoms with E-state index >= 15 is 0 Å². The average Bonchev–Trinajstić information content (AvgIpc) is 3.43. The van der Waals surface area contributed by atoms with Crippen molar-refractivity contribution in [3.05, 3.63) is 76.6 Å². The summed E-state index contributed by atoms with van der Waals surface area (Å²) in [6.07, 6.45) is 11.0. The van der Waals surface area contributed by atoms with Crippen LogP contribution >= 0.6 is 0 Å². The molecule has 0 aliphatic carbocycles. The van der Waals surface area contributed by atoms with Crippen molar-refractivity contribution >= 4 is 17.0 Å². The number of piperazine rings is 1. The monoisotopic (exact) mass is 549 g/mol. The molecular formula is C31H35N9O. The fourth-order valence-electron chi connectivity index (χ4n) is 6.67. The molecule has 0 amide bonds. The van der Waals surface area contributed by atoms with E-state index in [1.54, 1.807) is 12.3 Å². The van der Waals surface area contributed by atoms with Gasteiger partial charge in [-0.2, -0.15) is 10.4 Å². The van der Waals surface area contributed by atoms with E-state index in [-0.39, 0.29) is 5.56 Å². The molecule has 4 saturated heterocycles. The van der Waals surface area contributed by atoms with Crippen LogP contribution in [0.25, 0.3) is 16.6 Å². The maximum atomic E-state index is 11.4. The first-order valence-electron chi connectivity index (χ1n) is 14.5. The van der Waals surface area contributed by atoms with Gasteiger partial charge in [-0.05, 0) is 69.1 Å². The zero-order valence-corrected chi connectivity index (χ0v) is 23.3. The van der Waals surface area contributed by atoms with Gasteiger partial charge in [0, 0.05) is 67.8 Å². The van der Waals surface area contributed by atoms with Gasteiger partial charge in [0.15, 0.2) is 0 Å². The Morgan fingerprint density at radius 3 is 2.66 bits per heavy atom. The van der Waals surface area contributed by atoms with Crippen molar-refractivity contribution in [3.63, 3.8) is 0 Å². The molecule has 2 N–H and O–H groups in total. The molecule has 210 valence electrons. The van der Waals surface area contributed by atoms with E-state index in [0.29, 0.717) is 23.6 Å². The quantitative estimate of drug-likeness (QED) is 0.362. The Bertz CT molecular complexity index is 1610. The number of piperidine rings is 2. The molecule has 4 aliphatic heterocycles. The molecule has 41 heavy (non-hydrogen) atoms. The summed E-state index contributed by atoms with van der Waals surface area (Å²) in [6, 6.07) is 13.1. The molecule has 0 aromatic carbocycles. The predicted molar refractivity (Wildman–Crippen MR) is 159 cm³/mol. The molecule has 10 nitrogen and oxygen atoms in total. The molecular weight excluding hydrogens is 514 g/mol. The molecule has 2 unspecified atom stereocenters. The Labute approximate surface area is 239 Å². The highest BCUT2D eigenvalue weighted by molar-refractivity contribution is 5.86. The first-order chi connectivity index (χ1) is 20.0. The summed E-state index contributed by atoms with van der Waals surface area (Å²) >= 11 is 0. The Hall–Kier alpha value is -4.20. The molecule has 4 fully saturated rings. The Kier molecular flexibility index (Phi) is 6.69. The standard InChI is InChI=1S/C31H35N9O/c1-37-8-6-21(7-9-37)13-33-25-10-28(31-24(12-32)16-36-40(31)18-25)23-3-4-29(34-15-23)38-19-26-11-27(20-38)39(26)17-22-2-5-30(41)35-14-22/h2-5,10,14-16,18,21,26-27,33H,6-9,11,13,17,19-20H2,1H3,(H,35,41). The molecule has 2 bridgehead atoms. The highest BCUT2D eigenvalue weighted by atomic mass is 16.1. The number of nitriles is 1. The van der Waals surface area contributed by atoms with Gasteiger partial charge in [-0.15, -0.1) is 0 Å². The number of rotatable bonds is 7. The van der Waals surface area contributed by atoms with Gasteiger partial charge in [-0.3, -0.25) is 9.69 Å². The van der Waals surface area contributed by atoms with Crippen molar-refractivity contribution in [2.75, 3.05) is 50.0 Å². The Balaban J connectivity index is 1.07.